The van der Waals surface area contributed by atoms with Crippen molar-refractivity contribution in [2.75, 3.05) is 11.9 Å². The number of nitrogens with one attached hydrogen (secondary N) is 1. The van der Waals surface area contributed by atoms with E-state index < -0.39 is 5.97 Å². The number of nitrogens with zero attached hydrogens (tertiary/aromatic N) is 1. The highest BCUT2D eigenvalue weighted by Gasteiger charge is 2.17. The summed E-state index contributed by atoms with van der Waals surface area (Å²) in [5.74, 6) is -0.698. The van der Waals surface area contributed by atoms with E-state index in [0.29, 0.717) is 10.0 Å². The number of ether oxygens (including phenoxy) is 1. The highest BCUT2D eigenvalue weighted by atomic mass is 79.9. The van der Waals surface area contributed by atoms with E-state index in [1.54, 1.807) is 37.3 Å². The predicted octanol–water partition coefficient (Wildman–Crippen LogP) is 3.27. The first-order chi connectivity index (χ1) is 10.1. The molecule has 6 heteroatoms. The zero-order valence-electron chi connectivity index (χ0n) is 11.3. The van der Waals surface area contributed by atoms with Crippen molar-refractivity contribution in [2.24, 2.45) is 0 Å². The van der Waals surface area contributed by atoms with Gasteiger partial charge in [-0.15, -0.1) is 0 Å². The van der Waals surface area contributed by atoms with Crippen LogP contribution in [0, 0.1) is 0 Å². The second kappa shape index (κ2) is 6.99. The van der Waals surface area contributed by atoms with E-state index in [1.165, 1.54) is 6.20 Å². The largest absolute Gasteiger partial charge is 0.462 e. The summed E-state index contributed by atoms with van der Waals surface area (Å²) in [5.41, 5.74) is 0.678. The van der Waals surface area contributed by atoms with Gasteiger partial charge in [-0.05, 0) is 47.1 Å². The Kier molecular flexibility index (Phi) is 5.05. The van der Waals surface area contributed by atoms with E-state index in [9.17, 15) is 9.59 Å². The van der Waals surface area contributed by atoms with Crippen molar-refractivity contribution >= 4 is 33.6 Å². The maximum atomic E-state index is 12.2. The fourth-order valence-electron chi connectivity index (χ4n) is 1.70. The summed E-state index contributed by atoms with van der Waals surface area (Å²) < 4.78 is 5.60. The van der Waals surface area contributed by atoms with E-state index in [4.69, 9.17) is 4.74 Å². The molecule has 108 valence electrons. The number of anilines is 1. The van der Waals surface area contributed by atoms with E-state index in [2.05, 4.69) is 26.2 Å². The van der Waals surface area contributed by atoms with Gasteiger partial charge in [0, 0.05) is 10.7 Å². The van der Waals surface area contributed by atoms with Crippen LogP contribution in [0.5, 0.6) is 0 Å². The van der Waals surface area contributed by atoms with Gasteiger partial charge in [0.25, 0.3) is 5.91 Å². The number of carbonyl (C=O) groups excluding carboxylic acids is 2. The molecule has 0 fully saturated rings. The highest BCUT2D eigenvalue weighted by molar-refractivity contribution is 9.10. The average Bonchev–Trinajstić information content (AvgIpc) is 2.48. The third kappa shape index (κ3) is 3.66. The number of pyridine rings is 1. The summed E-state index contributed by atoms with van der Waals surface area (Å²) in [6.07, 6.45) is 1.50. The molecule has 1 heterocycles. The normalized spacial score (nSPS) is 10.0. The lowest BCUT2D eigenvalue weighted by Crippen LogP contribution is -2.17. The molecule has 2 aromatic rings. The minimum absolute atomic E-state index is 0.178. The number of halogens is 1. The lowest BCUT2D eigenvalue weighted by atomic mass is 10.2. The molecular formula is C15H13BrN2O3. The number of benzene rings is 1. The van der Waals surface area contributed by atoms with E-state index in [1.807, 2.05) is 6.07 Å². The van der Waals surface area contributed by atoms with Crippen molar-refractivity contribution in [3.05, 3.63) is 58.2 Å². The summed E-state index contributed by atoms with van der Waals surface area (Å²) in [6, 6.07) is 10.2. The van der Waals surface area contributed by atoms with Gasteiger partial charge >= 0.3 is 5.97 Å². The number of hydrogen-bond donors (Lipinski definition) is 1. The molecule has 1 N–H and O–H groups in total. The molecule has 0 bridgehead atoms. The third-order valence-electron chi connectivity index (χ3n) is 2.65. The van der Waals surface area contributed by atoms with Crippen molar-refractivity contribution in [2.45, 2.75) is 6.92 Å². The van der Waals surface area contributed by atoms with Crippen LogP contribution in [0.25, 0.3) is 0 Å². The van der Waals surface area contributed by atoms with Gasteiger partial charge in [0.2, 0.25) is 0 Å². The lowest BCUT2D eigenvalue weighted by Gasteiger charge is -2.09. The minimum Gasteiger partial charge on any atom is -0.462 e. The molecule has 1 aromatic heterocycles. The number of esters is 1. The topological polar surface area (TPSA) is 68.3 Å². The van der Waals surface area contributed by atoms with Crippen LogP contribution >= 0.6 is 15.9 Å². The number of amides is 1. The van der Waals surface area contributed by atoms with Gasteiger partial charge in [0.1, 0.15) is 11.4 Å². The minimum atomic E-state index is -0.520. The molecule has 0 aliphatic carbocycles. The maximum Gasteiger partial charge on any atom is 0.341 e. The molecule has 0 saturated heterocycles. The molecule has 21 heavy (non-hydrogen) atoms. The van der Waals surface area contributed by atoms with Gasteiger partial charge in [-0.3, -0.25) is 4.79 Å². The second-order valence-electron chi connectivity index (χ2n) is 4.05. The average molecular weight is 349 g/mol. The Bertz CT molecular complexity index is 673. The Labute approximate surface area is 130 Å². The Balaban J connectivity index is 2.26. The molecule has 0 atom stereocenters. The Morgan fingerprint density at radius 1 is 1.19 bits per heavy atom. The number of aromatic nitrogens is 1. The van der Waals surface area contributed by atoms with E-state index in [-0.39, 0.29) is 23.9 Å². The maximum absolute atomic E-state index is 12.2. The number of rotatable bonds is 4. The van der Waals surface area contributed by atoms with Crippen LogP contribution in [0.15, 0.2) is 47.1 Å². The van der Waals surface area contributed by atoms with Crippen LogP contribution in [0.1, 0.15) is 27.6 Å². The van der Waals surface area contributed by atoms with Crippen LogP contribution in [0.2, 0.25) is 0 Å². The summed E-state index contributed by atoms with van der Waals surface area (Å²) in [6.45, 7) is 1.97. The molecule has 2 rings (SSSR count). The monoisotopic (exact) mass is 348 g/mol. The molecule has 0 aliphatic heterocycles. The first-order valence-corrected chi connectivity index (χ1v) is 7.10. The Morgan fingerprint density at radius 2 is 1.90 bits per heavy atom. The smallest absolute Gasteiger partial charge is 0.341 e. The summed E-state index contributed by atoms with van der Waals surface area (Å²) in [7, 11) is 0. The first-order valence-electron chi connectivity index (χ1n) is 6.31. The SMILES string of the molecule is CCOC(=O)c1cccnc1NC(=O)c1ccccc1Br. The lowest BCUT2D eigenvalue weighted by molar-refractivity contribution is 0.0527. The molecular weight excluding hydrogens is 336 g/mol. The molecule has 0 aliphatic rings. The molecule has 1 amide bonds. The van der Waals surface area contributed by atoms with Gasteiger partial charge in [-0.2, -0.15) is 0 Å². The van der Waals surface area contributed by atoms with Crippen molar-refractivity contribution in [1.82, 2.24) is 4.98 Å². The van der Waals surface area contributed by atoms with Crippen molar-refractivity contribution in [1.29, 1.82) is 0 Å². The van der Waals surface area contributed by atoms with Crippen LogP contribution in [-0.4, -0.2) is 23.5 Å². The van der Waals surface area contributed by atoms with Gasteiger partial charge in [0.15, 0.2) is 0 Å². The molecule has 0 unspecified atom stereocenters. The zero-order valence-corrected chi connectivity index (χ0v) is 12.9. The predicted molar refractivity (Wildman–Crippen MR) is 82.3 cm³/mol. The van der Waals surface area contributed by atoms with Crippen LogP contribution in [0.3, 0.4) is 0 Å². The number of carbonyl (C=O) groups is 2. The van der Waals surface area contributed by atoms with Crippen LogP contribution in [0.4, 0.5) is 5.82 Å². The first kappa shape index (κ1) is 15.2. The standard InChI is InChI=1S/C15H13BrN2O3/c1-2-21-15(20)11-7-5-9-17-13(11)18-14(19)10-6-3-4-8-12(10)16/h3-9H,2H2,1H3,(H,17,18,19). The van der Waals surface area contributed by atoms with Gasteiger partial charge in [-0.25, -0.2) is 9.78 Å². The summed E-state index contributed by atoms with van der Waals surface area (Å²) in [4.78, 5) is 28.1. The third-order valence-corrected chi connectivity index (χ3v) is 3.34. The second-order valence-corrected chi connectivity index (χ2v) is 4.91. The zero-order chi connectivity index (χ0) is 15.2. The molecule has 1 aromatic carbocycles. The highest BCUT2D eigenvalue weighted by Crippen LogP contribution is 2.19. The molecule has 0 radical (unpaired) electrons. The van der Waals surface area contributed by atoms with E-state index >= 15 is 0 Å². The summed E-state index contributed by atoms with van der Waals surface area (Å²) in [5, 5.41) is 2.63. The van der Waals surface area contributed by atoms with Crippen molar-refractivity contribution in [3.63, 3.8) is 0 Å². The van der Waals surface area contributed by atoms with Crippen molar-refractivity contribution in [3.8, 4) is 0 Å². The quantitative estimate of drug-likeness (QED) is 0.861. The Morgan fingerprint density at radius 3 is 2.62 bits per heavy atom. The fraction of sp³-hybridized carbons (Fsp3) is 0.133. The van der Waals surface area contributed by atoms with Crippen LogP contribution < -0.4 is 5.32 Å². The fourth-order valence-corrected chi connectivity index (χ4v) is 2.16. The summed E-state index contributed by atoms with van der Waals surface area (Å²) >= 11 is 3.31. The van der Waals surface area contributed by atoms with Crippen LogP contribution in [-0.2, 0) is 4.74 Å². The molecule has 0 saturated carbocycles. The molecule has 0 spiro atoms. The number of hydrogen-bond acceptors (Lipinski definition) is 4. The van der Waals surface area contributed by atoms with E-state index in [0.717, 1.165) is 0 Å². The van der Waals surface area contributed by atoms with Gasteiger partial charge in [0.05, 0.1) is 12.2 Å². The van der Waals surface area contributed by atoms with Gasteiger partial charge < -0.3 is 10.1 Å². The Hall–Kier alpha value is -2.21. The van der Waals surface area contributed by atoms with Crippen molar-refractivity contribution < 1.29 is 14.3 Å². The molecule has 5 nitrogen and oxygen atoms in total. The van der Waals surface area contributed by atoms with Gasteiger partial charge in [-0.1, -0.05) is 12.1 Å².